The molecule has 5 rings (SSSR count). The van der Waals surface area contributed by atoms with E-state index in [4.69, 9.17) is 9.84 Å². The molecule has 0 N–H and O–H groups in total. The highest BCUT2D eigenvalue weighted by molar-refractivity contribution is 5.59. The van der Waals surface area contributed by atoms with Gasteiger partial charge in [-0.05, 0) is 23.6 Å². The van der Waals surface area contributed by atoms with Crippen molar-refractivity contribution in [2.75, 3.05) is 26.3 Å². The molecular weight excluding hydrogens is 378 g/mol. The van der Waals surface area contributed by atoms with Crippen molar-refractivity contribution >= 4 is 5.65 Å². The Morgan fingerprint density at radius 2 is 1.97 bits per heavy atom. The number of nitrogens with zero attached hydrogens (tertiary/aromatic N) is 7. The van der Waals surface area contributed by atoms with Crippen molar-refractivity contribution in [3.8, 4) is 11.3 Å². The molecule has 3 aromatic heterocycles. The first-order chi connectivity index (χ1) is 14.7. The van der Waals surface area contributed by atoms with Crippen LogP contribution in [0.1, 0.15) is 22.5 Å². The van der Waals surface area contributed by atoms with Gasteiger partial charge in [0.15, 0.2) is 11.5 Å². The lowest BCUT2D eigenvalue weighted by molar-refractivity contribution is 0.0341. The van der Waals surface area contributed by atoms with Crippen molar-refractivity contribution in [1.29, 1.82) is 0 Å². The molecule has 30 heavy (non-hydrogen) atoms. The lowest BCUT2D eigenvalue weighted by Gasteiger charge is -2.27. The van der Waals surface area contributed by atoms with Crippen molar-refractivity contribution in [3.05, 3.63) is 65.5 Å². The second kappa shape index (κ2) is 7.97. The minimum Gasteiger partial charge on any atom is -0.379 e. The molecule has 0 aliphatic carbocycles. The zero-order valence-electron chi connectivity index (χ0n) is 17.3. The first-order valence-corrected chi connectivity index (χ1v) is 10.2. The summed E-state index contributed by atoms with van der Waals surface area (Å²) in [6.45, 7) is 6.81. The van der Waals surface area contributed by atoms with E-state index < -0.39 is 0 Å². The number of benzene rings is 1. The van der Waals surface area contributed by atoms with Crippen LogP contribution in [0, 0.1) is 6.92 Å². The quantitative estimate of drug-likeness (QED) is 0.509. The Balaban J connectivity index is 1.37. The van der Waals surface area contributed by atoms with Crippen LogP contribution in [0.2, 0.25) is 0 Å². The van der Waals surface area contributed by atoms with Gasteiger partial charge in [0.05, 0.1) is 37.5 Å². The fraction of sp³-hybridized carbons (Fsp3) is 0.364. The van der Waals surface area contributed by atoms with Gasteiger partial charge in [-0.3, -0.25) is 14.6 Å². The fourth-order valence-electron chi connectivity index (χ4n) is 3.91. The highest BCUT2D eigenvalue weighted by Crippen LogP contribution is 2.20. The third-order valence-electron chi connectivity index (χ3n) is 5.56. The van der Waals surface area contributed by atoms with Gasteiger partial charge in [0, 0.05) is 44.9 Å². The maximum Gasteiger partial charge on any atom is 0.174 e. The lowest BCUT2D eigenvalue weighted by atomic mass is 10.0. The number of ether oxygens (including phenoxy) is 1. The summed E-state index contributed by atoms with van der Waals surface area (Å²) in [6.07, 6.45) is 8.00. The second-order valence-electron chi connectivity index (χ2n) is 7.82. The van der Waals surface area contributed by atoms with Crippen molar-refractivity contribution in [2.45, 2.75) is 19.9 Å². The van der Waals surface area contributed by atoms with Crippen LogP contribution >= 0.6 is 0 Å². The van der Waals surface area contributed by atoms with Gasteiger partial charge in [0.1, 0.15) is 0 Å². The maximum atomic E-state index is 5.45. The molecule has 154 valence electrons. The van der Waals surface area contributed by atoms with E-state index in [0.717, 1.165) is 55.6 Å². The van der Waals surface area contributed by atoms with E-state index in [0.29, 0.717) is 6.42 Å². The average Bonchev–Trinajstić information content (AvgIpc) is 3.36. The third-order valence-corrected chi connectivity index (χ3v) is 5.56. The van der Waals surface area contributed by atoms with Crippen LogP contribution in [-0.4, -0.2) is 60.6 Å². The Hall–Kier alpha value is -3.10. The fourth-order valence-corrected chi connectivity index (χ4v) is 3.91. The second-order valence-corrected chi connectivity index (χ2v) is 7.82. The summed E-state index contributed by atoms with van der Waals surface area (Å²) in [6, 6.07) is 6.68. The van der Waals surface area contributed by atoms with E-state index in [1.807, 2.05) is 24.0 Å². The van der Waals surface area contributed by atoms with E-state index in [1.54, 1.807) is 17.1 Å². The molecule has 0 radical (unpaired) electrons. The predicted octanol–water partition coefficient (Wildman–Crippen LogP) is 2.26. The molecule has 0 atom stereocenters. The largest absolute Gasteiger partial charge is 0.379 e. The molecule has 0 bridgehead atoms. The molecule has 1 aliphatic heterocycles. The first-order valence-electron chi connectivity index (χ1n) is 10.2. The van der Waals surface area contributed by atoms with E-state index in [9.17, 15) is 0 Å². The van der Waals surface area contributed by atoms with Crippen LogP contribution < -0.4 is 0 Å². The molecule has 0 amide bonds. The predicted molar refractivity (Wildman–Crippen MR) is 113 cm³/mol. The molecular formula is C22H25N7O. The molecule has 0 spiro atoms. The van der Waals surface area contributed by atoms with Crippen molar-refractivity contribution in [1.82, 2.24) is 34.3 Å². The van der Waals surface area contributed by atoms with E-state index in [-0.39, 0.29) is 0 Å². The maximum absolute atomic E-state index is 5.45. The SMILES string of the molecule is Cc1cc(Cc2nc3cncc(-c4cnn(C)c4)n3n2)ccc1CN1CCOCC1. The van der Waals surface area contributed by atoms with Gasteiger partial charge in [0.25, 0.3) is 0 Å². The van der Waals surface area contributed by atoms with Gasteiger partial charge in [-0.1, -0.05) is 18.2 Å². The lowest BCUT2D eigenvalue weighted by Crippen LogP contribution is -2.35. The summed E-state index contributed by atoms with van der Waals surface area (Å²) in [7, 11) is 1.90. The van der Waals surface area contributed by atoms with Crippen LogP contribution in [0.25, 0.3) is 16.9 Å². The topological polar surface area (TPSA) is 73.4 Å². The number of aromatic nitrogens is 6. The summed E-state index contributed by atoms with van der Waals surface area (Å²) in [5.41, 5.74) is 6.48. The Bertz CT molecular complexity index is 1170. The van der Waals surface area contributed by atoms with Gasteiger partial charge in [-0.15, -0.1) is 0 Å². The molecule has 1 saturated heterocycles. The van der Waals surface area contributed by atoms with Crippen LogP contribution in [0.3, 0.4) is 0 Å². The van der Waals surface area contributed by atoms with Crippen LogP contribution in [0.4, 0.5) is 0 Å². The average molecular weight is 403 g/mol. The molecule has 4 aromatic rings. The van der Waals surface area contributed by atoms with Crippen molar-refractivity contribution < 1.29 is 4.74 Å². The number of fused-ring (bicyclic) bond motifs is 1. The minimum absolute atomic E-state index is 0.687. The Morgan fingerprint density at radius 1 is 1.10 bits per heavy atom. The molecule has 8 heteroatoms. The Labute approximate surface area is 175 Å². The van der Waals surface area contributed by atoms with Gasteiger partial charge >= 0.3 is 0 Å². The number of hydrogen-bond donors (Lipinski definition) is 0. The molecule has 4 heterocycles. The first kappa shape index (κ1) is 18.9. The zero-order valence-corrected chi connectivity index (χ0v) is 17.3. The van der Waals surface area contributed by atoms with E-state index in [1.165, 1.54) is 16.7 Å². The van der Waals surface area contributed by atoms with Gasteiger partial charge in [-0.2, -0.15) is 10.2 Å². The van der Waals surface area contributed by atoms with Gasteiger partial charge < -0.3 is 4.74 Å². The van der Waals surface area contributed by atoms with Crippen molar-refractivity contribution in [2.24, 2.45) is 7.05 Å². The number of hydrogen-bond acceptors (Lipinski definition) is 6. The highest BCUT2D eigenvalue weighted by atomic mass is 16.5. The third kappa shape index (κ3) is 3.83. The summed E-state index contributed by atoms with van der Waals surface area (Å²) < 4.78 is 9.07. The standard InChI is InChI=1S/C22H25N7O/c1-16-9-17(3-4-18(16)15-28-5-7-30-8-6-28)10-21-25-22-13-23-12-20(29(22)26-21)19-11-24-27(2)14-19/h3-4,9,11-14H,5-8,10,15H2,1-2H3. The summed E-state index contributed by atoms with van der Waals surface area (Å²) in [5.74, 6) is 0.786. The molecule has 1 aliphatic rings. The molecule has 0 saturated carbocycles. The minimum atomic E-state index is 0.687. The smallest absolute Gasteiger partial charge is 0.174 e. The van der Waals surface area contributed by atoms with E-state index >= 15 is 0 Å². The monoisotopic (exact) mass is 403 g/mol. The summed E-state index contributed by atoms with van der Waals surface area (Å²) in [4.78, 5) is 11.5. The van der Waals surface area contributed by atoms with E-state index in [2.05, 4.69) is 45.1 Å². The summed E-state index contributed by atoms with van der Waals surface area (Å²) in [5, 5.41) is 9.00. The normalized spacial score (nSPS) is 15.1. The van der Waals surface area contributed by atoms with Crippen LogP contribution in [0.5, 0.6) is 0 Å². The number of aryl methyl sites for hydroxylation is 2. The Kier molecular flexibility index (Phi) is 5.02. The molecule has 1 fully saturated rings. The van der Waals surface area contributed by atoms with Gasteiger partial charge in [-0.25, -0.2) is 9.50 Å². The molecule has 0 unspecified atom stereocenters. The van der Waals surface area contributed by atoms with Crippen molar-refractivity contribution in [3.63, 3.8) is 0 Å². The van der Waals surface area contributed by atoms with Gasteiger partial charge in [0.2, 0.25) is 0 Å². The molecule has 8 nitrogen and oxygen atoms in total. The molecule has 1 aromatic carbocycles. The zero-order chi connectivity index (χ0) is 20.5. The number of rotatable bonds is 5. The number of morpholine rings is 1. The summed E-state index contributed by atoms with van der Waals surface area (Å²) >= 11 is 0. The van der Waals surface area contributed by atoms with Crippen LogP contribution in [0.15, 0.2) is 43.0 Å². The highest BCUT2D eigenvalue weighted by Gasteiger charge is 2.14. The van der Waals surface area contributed by atoms with Crippen LogP contribution in [-0.2, 0) is 24.8 Å². The Morgan fingerprint density at radius 3 is 2.73 bits per heavy atom.